The highest BCUT2D eigenvalue weighted by molar-refractivity contribution is 5.94. The summed E-state index contributed by atoms with van der Waals surface area (Å²) in [6, 6.07) is 24.1. The van der Waals surface area contributed by atoms with Crippen LogP contribution >= 0.6 is 0 Å². The Labute approximate surface area is 194 Å². The van der Waals surface area contributed by atoms with Crippen molar-refractivity contribution in [1.82, 2.24) is 4.90 Å². The van der Waals surface area contributed by atoms with E-state index < -0.39 is 0 Å². The lowest BCUT2D eigenvalue weighted by molar-refractivity contribution is -0.384. The highest BCUT2D eigenvalue weighted by Gasteiger charge is 2.22. The molecule has 4 heteroatoms. The first-order chi connectivity index (χ1) is 16.2. The number of nitro groups is 1. The molecule has 1 saturated heterocycles. The summed E-state index contributed by atoms with van der Waals surface area (Å²) in [6.07, 6.45) is 10.8. The number of likely N-dealkylation sites (tertiary alicyclic amines) is 1. The van der Waals surface area contributed by atoms with E-state index in [0.29, 0.717) is 0 Å². The van der Waals surface area contributed by atoms with Crippen LogP contribution in [0.25, 0.3) is 23.8 Å². The van der Waals surface area contributed by atoms with Gasteiger partial charge in [-0.3, -0.25) is 15.0 Å². The summed E-state index contributed by atoms with van der Waals surface area (Å²) in [7, 11) is 0. The molecule has 5 rings (SSSR count). The molecule has 0 amide bonds. The first-order valence-corrected chi connectivity index (χ1v) is 11.4. The van der Waals surface area contributed by atoms with E-state index in [1.807, 2.05) is 6.08 Å². The van der Waals surface area contributed by atoms with Gasteiger partial charge in [0.25, 0.3) is 5.69 Å². The van der Waals surface area contributed by atoms with E-state index >= 15 is 0 Å². The lowest BCUT2D eigenvalue weighted by atomic mass is 9.86. The molecule has 0 spiro atoms. The zero-order valence-corrected chi connectivity index (χ0v) is 18.5. The Morgan fingerprint density at radius 3 is 1.97 bits per heavy atom. The number of rotatable bonds is 4. The molecule has 0 N–H and O–H groups in total. The molecule has 1 heterocycles. The molecule has 0 atom stereocenters. The van der Waals surface area contributed by atoms with Crippen molar-refractivity contribution in [1.29, 1.82) is 0 Å². The van der Waals surface area contributed by atoms with Gasteiger partial charge in [0.05, 0.1) is 4.92 Å². The van der Waals surface area contributed by atoms with Gasteiger partial charge in [-0.05, 0) is 58.4 Å². The monoisotopic (exact) mass is 434 g/mol. The van der Waals surface area contributed by atoms with Crippen molar-refractivity contribution < 1.29 is 4.92 Å². The van der Waals surface area contributed by atoms with E-state index in [-0.39, 0.29) is 10.6 Å². The highest BCUT2D eigenvalue weighted by atomic mass is 16.6. The molecular weight excluding hydrogens is 408 g/mol. The van der Waals surface area contributed by atoms with Crippen LogP contribution in [0.5, 0.6) is 0 Å². The van der Waals surface area contributed by atoms with E-state index in [4.69, 9.17) is 0 Å². The van der Waals surface area contributed by atoms with Gasteiger partial charge >= 0.3 is 0 Å². The molecule has 3 aromatic carbocycles. The number of nitro benzene ring substituents is 1. The van der Waals surface area contributed by atoms with Crippen molar-refractivity contribution in [3.8, 4) is 0 Å². The molecule has 0 unspecified atom stereocenters. The van der Waals surface area contributed by atoms with Gasteiger partial charge in [-0.15, -0.1) is 0 Å². The Kier molecular flexibility index (Phi) is 6.01. The highest BCUT2D eigenvalue weighted by Crippen LogP contribution is 2.38. The van der Waals surface area contributed by atoms with Crippen molar-refractivity contribution in [2.24, 2.45) is 0 Å². The minimum atomic E-state index is -0.367. The van der Waals surface area contributed by atoms with Crippen LogP contribution in [0.3, 0.4) is 0 Å². The molecule has 4 nitrogen and oxygen atoms in total. The number of fused-ring (bicyclic) bond motifs is 2. The molecule has 3 aromatic rings. The molecular formula is C29H26N2O2. The van der Waals surface area contributed by atoms with Gasteiger partial charge in [-0.1, -0.05) is 78.4 Å². The maximum absolute atomic E-state index is 10.8. The van der Waals surface area contributed by atoms with Gasteiger partial charge in [0.1, 0.15) is 0 Å². The number of benzene rings is 3. The molecule has 2 aliphatic rings. The van der Waals surface area contributed by atoms with Crippen LogP contribution in [-0.2, 0) is 0 Å². The fourth-order valence-electron chi connectivity index (χ4n) is 4.75. The van der Waals surface area contributed by atoms with E-state index in [2.05, 4.69) is 71.7 Å². The molecule has 1 fully saturated rings. The normalized spacial score (nSPS) is 15.9. The summed E-state index contributed by atoms with van der Waals surface area (Å²) >= 11 is 0. The number of hydrogen-bond donors (Lipinski definition) is 0. The number of hydrogen-bond acceptors (Lipinski definition) is 3. The average Bonchev–Trinajstić information content (AvgIpc) is 3.02. The lowest BCUT2D eigenvalue weighted by Crippen LogP contribution is -2.31. The van der Waals surface area contributed by atoms with Crippen molar-refractivity contribution in [2.45, 2.75) is 12.8 Å². The summed E-state index contributed by atoms with van der Waals surface area (Å²) in [5.41, 5.74) is 9.29. The van der Waals surface area contributed by atoms with Crippen LogP contribution in [0.15, 0.2) is 84.4 Å². The second-order valence-electron chi connectivity index (χ2n) is 8.54. The van der Waals surface area contributed by atoms with E-state index in [1.54, 1.807) is 24.3 Å². The number of piperidine rings is 1. The second kappa shape index (κ2) is 9.39. The van der Waals surface area contributed by atoms with E-state index in [1.165, 1.54) is 33.4 Å². The third-order valence-electron chi connectivity index (χ3n) is 6.49. The summed E-state index contributed by atoms with van der Waals surface area (Å²) in [6.45, 7) is 2.94. The van der Waals surface area contributed by atoms with Crippen LogP contribution < -0.4 is 0 Å². The van der Waals surface area contributed by atoms with Crippen LogP contribution in [0.4, 0.5) is 5.69 Å². The second-order valence-corrected chi connectivity index (χ2v) is 8.54. The van der Waals surface area contributed by atoms with Gasteiger partial charge in [0.2, 0.25) is 0 Å². The van der Waals surface area contributed by atoms with Gasteiger partial charge in [0, 0.05) is 31.8 Å². The van der Waals surface area contributed by atoms with Crippen molar-refractivity contribution >= 4 is 29.5 Å². The fourth-order valence-corrected chi connectivity index (χ4v) is 4.75. The van der Waals surface area contributed by atoms with Crippen LogP contribution in [0.1, 0.15) is 40.7 Å². The van der Waals surface area contributed by atoms with Crippen molar-refractivity contribution in [3.63, 3.8) is 0 Å². The van der Waals surface area contributed by atoms with Gasteiger partial charge in [0.15, 0.2) is 0 Å². The van der Waals surface area contributed by atoms with Crippen molar-refractivity contribution in [2.75, 3.05) is 19.6 Å². The third kappa shape index (κ3) is 4.57. The van der Waals surface area contributed by atoms with Gasteiger partial charge in [-0.2, -0.15) is 0 Å². The largest absolute Gasteiger partial charge is 0.299 e. The zero-order chi connectivity index (χ0) is 22.6. The van der Waals surface area contributed by atoms with E-state index in [0.717, 1.165) is 38.0 Å². The Balaban J connectivity index is 1.32. The molecule has 1 aliphatic carbocycles. The average molecular weight is 435 g/mol. The predicted octanol–water partition coefficient (Wildman–Crippen LogP) is 6.69. The Morgan fingerprint density at radius 1 is 0.818 bits per heavy atom. The molecule has 0 bridgehead atoms. The maximum atomic E-state index is 10.8. The Hall–Kier alpha value is -3.76. The Morgan fingerprint density at radius 2 is 1.39 bits per heavy atom. The fraction of sp³-hybridized carbons (Fsp3) is 0.172. The summed E-state index contributed by atoms with van der Waals surface area (Å²) in [5.74, 6) is 0. The molecule has 164 valence electrons. The van der Waals surface area contributed by atoms with Crippen LogP contribution in [0.2, 0.25) is 0 Å². The number of non-ortho nitro benzene ring substituents is 1. The SMILES string of the molecule is O=[N+]([O-])c1ccc(C=CCN2CCC(=C3c4ccccc4C=Cc4ccccc43)CC2)cc1. The van der Waals surface area contributed by atoms with Crippen LogP contribution in [0, 0.1) is 10.1 Å². The molecule has 1 aliphatic heterocycles. The summed E-state index contributed by atoms with van der Waals surface area (Å²) < 4.78 is 0. The Bertz CT molecular complexity index is 1210. The van der Waals surface area contributed by atoms with Gasteiger partial charge in [-0.25, -0.2) is 0 Å². The first kappa shape index (κ1) is 21.1. The topological polar surface area (TPSA) is 46.4 Å². The van der Waals surface area contributed by atoms with Crippen LogP contribution in [-0.4, -0.2) is 29.5 Å². The van der Waals surface area contributed by atoms with Crippen molar-refractivity contribution in [3.05, 3.63) is 122 Å². The summed E-state index contributed by atoms with van der Waals surface area (Å²) in [5, 5.41) is 10.8. The molecule has 33 heavy (non-hydrogen) atoms. The zero-order valence-electron chi connectivity index (χ0n) is 18.5. The first-order valence-electron chi connectivity index (χ1n) is 11.4. The molecule has 0 radical (unpaired) electrons. The predicted molar refractivity (Wildman–Crippen MR) is 136 cm³/mol. The lowest BCUT2D eigenvalue weighted by Gasteiger charge is -2.29. The number of nitrogens with zero attached hydrogens (tertiary/aromatic N) is 2. The maximum Gasteiger partial charge on any atom is 0.269 e. The molecule has 0 aromatic heterocycles. The minimum Gasteiger partial charge on any atom is -0.299 e. The quantitative estimate of drug-likeness (QED) is 0.265. The third-order valence-corrected chi connectivity index (χ3v) is 6.49. The van der Waals surface area contributed by atoms with Gasteiger partial charge < -0.3 is 0 Å². The standard InChI is InChI=1S/C29H26N2O2/c32-31(33)26-15-11-22(12-16-26)6-5-19-30-20-17-25(18-21-30)29-27-9-3-1-7-23(27)13-14-24-8-2-4-10-28(24)29/h1-16H,17-21H2. The van der Waals surface area contributed by atoms with E-state index in [9.17, 15) is 10.1 Å². The molecule has 0 saturated carbocycles. The summed E-state index contributed by atoms with van der Waals surface area (Å²) in [4.78, 5) is 12.9. The minimum absolute atomic E-state index is 0.126. The smallest absolute Gasteiger partial charge is 0.269 e.